The zero-order chi connectivity index (χ0) is 20.4. The number of aliphatic carboxylic acids is 1. The van der Waals surface area contributed by atoms with Crippen molar-refractivity contribution in [2.45, 2.75) is 63.1 Å². The van der Waals surface area contributed by atoms with Crippen molar-refractivity contribution >= 4 is 18.2 Å². The smallest absolute Gasteiger partial charge is 0.320 e. The van der Waals surface area contributed by atoms with E-state index in [-0.39, 0.29) is 5.91 Å². The summed E-state index contributed by atoms with van der Waals surface area (Å²) >= 11 is 0. The molecule has 1 heterocycles. The van der Waals surface area contributed by atoms with Gasteiger partial charge in [-0.3, -0.25) is 14.9 Å². The van der Waals surface area contributed by atoms with Crippen LogP contribution in [0.4, 0.5) is 0 Å². The summed E-state index contributed by atoms with van der Waals surface area (Å²) in [6, 6.07) is 7.83. The zero-order valence-corrected chi connectivity index (χ0v) is 16.3. The molecule has 1 amide bonds. The summed E-state index contributed by atoms with van der Waals surface area (Å²) in [7, 11) is 0. The van der Waals surface area contributed by atoms with Gasteiger partial charge in [0.1, 0.15) is 12.3 Å². The number of unbranched alkanes of at least 4 members (excludes halogenated alkanes) is 1. The molecule has 154 valence electrons. The Kier molecular flexibility index (Phi) is 9.10. The molecule has 1 aliphatic heterocycles. The predicted molar refractivity (Wildman–Crippen MR) is 107 cm³/mol. The van der Waals surface area contributed by atoms with Crippen molar-refractivity contribution in [2.75, 3.05) is 13.1 Å². The first-order valence-corrected chi connectivity index (χ1v) is 10.1. The number of nitrogens with two attached hydrogens (primary N) is 1. The monoisotopic (exact) mass is 389 g/mol. The largest absolute Gasteiger partial charge is 0.480 e. The first-order chi connectivity index (χ1) is 13.6. The van der Waals surface area contributed by atoms with E-state index < -0.39 is 24.1 Å². The second kappa shape index (κ2) is 11.6. The Morgan fingerprint density at radius 1 is 1.21 bits per heavy atom. The van der Waals surface area contributed by atoms with Gasteiger partial charge in [0.05, 0.1) is 12.1 Å². The number of nitrogens with one attached hydrogen (secondary N) is 1. The number of rotatable bonds is 12. The van der Waals surface area contributed by atoms with Crippen LogP contribution in [0.5, 0.6) is 0 Å². The number of carbonyl (C=O) groups is 3. The Morgan fingerprint density at radius 3 is 2.61 bits per heavy atom. The molecule has 0 unspecified atom stereocenters. The van der Waals surface area contributed by atoms with E-state index in [0.717, 1.165) is 31.1 Å². The van der Waals surface area contributed by atoms with Gasteiger partial charge >= 0.3 is 5.97 Å². The first-order valence-electron chi connectivity index (χ1n) is 10.1. The molecule has 2 rings (SSSR count). The third kappa shape index (κ3) is 6.42. The van der Waals surface area contributed by atoms with Gasteiger partial charge in [-0.25, -0.2) is 0 Å². The summed E-state index contributed by atoms with van der Waals surface area (Å²) in [5, 5.41) is 12.7. The lowest BCUT2D eigenvalue weighted by molar-refractivity contribution is -0.141. The highest BCUT2D eigenvalue weighted by atomic mass is 16.4. The van der Waals surface area contributed by atoms with E-state index in [1.807, 2.05) is 30.3 Å². The highest BCUT2D eigenvalue weighted by Crippen LogP contribution is 2.19. The number of carbonyl (C=O) groups excluding carboxylic acids is 2. The number of likely N-dealkylation sites (tertiary alicyclic amines) is 1. The van der Waals surface area contributed by atoms with Crippen LogP contribution >= 0.6 is 0 Å². The molecule has 0 aliphatic carbocycles. The number of aryl methyl sites for hydroxylation is 1. The van der Waals surface area contributed by atoms with Gasteiger partial charge in [0, 0.05) is 6.54 Å². The minimum Gasteiger partial charge on any atom is -0.480 e. The van der Waals surface area contributed by atoms with Crippen molar-refractivity contribution in [1.82, 2.24) is 10.2 Å². The molecular formula is C21H31N3O4. The molecule has 0 radical (unpaired) electrons. The molecule has 4 N–H and O–H groups in total. The Balaban J connectivity index is 2.05. The fourth-order valence-corrected chi connectivity index (χ4v) is 3.66. The van der Waals surface area contributed by atoms with Crippen molar-refractivity contribution in [1.29, 1.82) is 0 Å². The van der Waals surface area contributed by atoms with Crippen LogP contribution in [0.1, 0.15) is 44.1 Å². The maximum absolute atomic E-state index is 13.0. The minimum atomic E-state index is -0.971. The number of hydrogen-bond acceptors (Lipinski definition) is 5. The number of aldehydes is 1. The first kappa shape index (κ1) is 22.0. The van der Waals surface area contributed by atoms with Crippen molar-refractivity contribution < 1.29 is 19.5 Å². The van der Waals surface area contributed by atoms with Crippen LogP contribution in [0.15, 0.2) is 30.3 Å². The van der Waals surface area contributed by atoms with Gasteiger partial charge in [-0.05, 0) is 50.6 Å². The Morgan fingerprint density at radius 2 is 1.96 bits per heavy atom. The molecule has 1 saturated heterocycles. The molecule has 1 aromatic rings. The molecule has 0 saturated carbocycles. The van der Waals surface area contributed by atoms with Crippen LogP contribution in [0.2, 0.25) is 0 Å². The highest BCUT2D eigenvalue weighted by molar-refractivity contribution is 5.86. The van der Waals surface area contributed by atoms with Crippen molar-refractivity contribution in [3.05, 3.63) is 35.9 Å². The SMILES string of the molecule is NCCCC[C@H](N[C@@H](CCc1ccccc1)C(=O)O)C(=O)N1CCC[C@H]1C=O. The molecular weight excluding hydrogens is 358 g/mol. The molecule has 1 aliphatic rings. The molecule has 0 aromatic heterocycles. The maximum Gasteiger partial charge on any atom is 0.320 e. The van der Waals surface area contributed by atoms with Crippen molar-refractivity contribution in [2.24, 2.45) is 5.73 Å². The second-order valence-electron chi connectivity index (χ2n) is 7.30. The van der Waals surface area contributed by atoms with E-state index in [9.17, 15) is 19.5 Å². The van der Waals surface area contributed by atoms with Gasteiger partial charge in [-0.15, -0.1) is 0 Å². The third-order valence-electron chi connectivity index (χ3n) is 5.25. The number of carboxylic acids is 1. The molecule has 0 bridgehead atoms. The van der Waals surface area contributed by atoms with Gasteiger partial charge in [-0.2, -0.15) is 0 Å². The average molecular weight is 389 g/mol. The summed E-state index contributed by atoms with van der Waals surface area (Å²) in [5.74, 6) is -1.15. The van der Waals surface area contributed by atoms with E-state index in [1.54, 1.807) is 4.90 Å². The van der Waals surface area contributed by atoms with Crippen molar-refractivity contribution in [3.8, 4) is 0 Å². The van der Waals surface area contributed by atoms with E-state index >= 15 is 0 Å². The predicted octanol–water partition coefficient (Wildman–Crippen LogP) is 1.35. The summed E-state index contributed by atoms with van der Waals surface area (Å²) in [5.41, 5.74) is 6.62. The van der Waals surface area contributed by atoms with Crippen LogP contribution in [0.25, 0.3) is 0 Å². The van der Waals surface area contributed by atoms with Crippen LogP contribution in [-0.2, 0) is 20.8 Å². The van der Waals surface area contributed by atoms with Gasteiger partial charge in [0.25, 0.3) is 0 Å². The number of benzene rings is 1. The summed E-state index contributed by atoms with van der Waals surface area (Å²) in [6.07, 6.45) is 5.27. The van der Waals surface area contributed by atoms with Crippen LogP contribution in [-0.4, -0.2) is 59.4 Å². The second-order valence-corrected chi connectivity index (χ2v) is 7.30. The van der Waals surface area contributed by atoms with E-state index in [2.05, 4.69) is 5.32 Å². The number of carboxylic acid groups (broad SMARTS) is 1. The van der Waals surface area contributed by atoms with Gasteiger partial charge in [0.2, 0.25) is 5.91 Å². The van der Waals surface area contributed by atoms with E-state index in [1.165, 1.54) is 0 Å². The summed E-state index contributed by atoms with van der Waals surface area (Å²) in [4.78, 5) is 37.7. The van der Waals surface area contributed by atoms with Gasteiger partial charge < -0.3 is 20.5 Å². The fourth-order valence-electron chi connectivity index (χ4n) is 3.66. The minimum absolute atomic E-state index is 0.183. The van der Waals surface area contributed by atoms with Gasteiger partial charge in [-0.1, -0.05) is 36.8 Å². The molecule has 3 atom stereocenters. The highest BCUT2D eigenvalue weighted by Gasteiger charge is 2.34. The van der Waals surface area contributed by atoms with Crippen molar-refractivity contribution in [3.63, 3.8) is 0 Å². The summed E-state index contributed by atoms with van der Waals surface area (Å²) < 4.78 is 0. The lowest BCUT2D eigenvalue weighted by atomic mass is 10.0. The topological polar surface area (TPSA) is 113 Å². The van der Waals surface area contributed by atoms with E-state index in [4.69, 9.17) is 5.73 Å². The lowest BCUT2D eigenvalue weighted by Crippen LogP contribution is -2.53. The Labute approximate surface area is 166 Å². The maximum atomic E-state index is 13.0. The Hall–Kier alpha value is -2.25. The standard InChI is InChI=1S/C21H31N3O4/c22-13-5-4-10-18(20(26)24-14-6-9-17(24)15-25)23-19(21(27)28)12-11-16-7-2-1-3-8-16/h1-3,7-8,15,17-19,23H,4-6,9-14,22H2,(H,27,28)/t17-,18-,19-/m0/s1. The molecule has 1 aromatic carbocycles. The lowest BCUT2D eigenvalue weighted by Gasteiger charge is -2.29. The third-order valence-corrected chi connectivity index (χ3v) is 5.25. The molecule has 7 heteroatoms. The number of nitrogens with zero attached hydrogens (tertiary/aromatic N) is 1. The zero-order valence-electron chi connectivity index (χ0n) is 16.3. The molecule has 7 nitrogen and oxygen atoms in total. The van der Waals surface area contributed by atoms with Crippen LogP contribution in [0.3, 0.4) is 0 Å². The number of amides is 1. The average Bonchev–Trinajstić information content (AvgIpc) is 3.18. The fraction of sp³-hybridized carbons (Fsp3) is 0.571. The molecule has 0 spiro atoms. The van der Waals surface area contributed by atoms with Crippen LogP contribution < -0.4 is 11.1 Å². The van der Waals surface area contributed by atoms with E-state index in [0.29, 0.717) is 38.8 Å². The molecule has 1 fully saturated rings. The normalized spacial score (nSPS) is 18.6. The van der Waals surface area contributed by atoms with Gasteiger partial charge in [0.15, 0.2) is 0 Å². The molecule has 28 heavy (non-hydrogen) atoms. The number of hydrogen-bond donors (Lipinski definition) is 3. The van der Waals surface area contributed by atoms with Crippen LogP contribution in [0, 0.1) is 0 Å². The summed E-state index contributed by atoms with van der Waals surface area (Å²) in [6.45, 7) is 1.07. The Bertz CT molecular complexity index is 638. The quantitative estimate of drug-likeness (QED) is 0.367.